The fourth-order valence-electron chi connectivity index (χ4n) is 8.18. The number of benzene rings is 3. The molecule has 0 saturated heterocycles. The van der Waals surface area contributed by atoms with Crippen molar-refractivity contribution >= 4 is 34.8 Å². The fraction of sp³-hybridized carbons (Fsp3) is 0.388. The number of esters is 1. The number of thioether (sulfide) groups is 1. The van der Waals surface area contributed by atoms with Gasteiger partial charge in [0.2, 0.25) is 5.69 Å². The van der Waals surface area contributed by atoms with Crippen molar-refractivity contribution in [1.29, 1.82) is 0 Å². The molecule has 5 nitrogen and oxygen atoms in total. The third-order valence-electron chi connectivity index (χ3n) is 11.0. The fourth-order valence-corrected chi connectivity index (χ4v) is 9.29. The molecule has 0 aromatic heterocycles. The van der Waals surface area contributed by atoms with Crippen LogP contribution in [-0.4, -0.2) is 42.6 Å². The summed E-state index contributed by atoms with van der Waals surface area (Å²) < 4.78 is 13.8. The van der Waals surface area contributed by atoms with Crippen LogP contribution in [0.5, 0.6) is 5.75 Å². The quantitative estimate of drug-likeness (QED) is 0.0669. The van der Waals surface area contributed by atoms with Crippen LogP contribution < -0.4 is 9.64 Å². The molecule has 0 saturated carbocycles. The zero-order valence-corrected chi connectivity index (χ0v) is 34.9. The molecule has 0 radical (unpaired) electrons. The molecule has 55 heavy (non-hydrogen) atoms. The molecule has 0 N–H and O–H groups in total. The van der Waals surface area contributed by atoms with Gasteiger partial charge in [-0.3, -0.25) is 0 Å². The van der Waals surface area contributed by atoms with Crippen molar-refractivity contribution in [3.8, 4) is 5.75 Å². The van der Waals surface area contributed by atoms with Crippen LogP contribution in [0.4, 0.5) is 11.4 Å². The van der Waals surface area contributed by atoms with E-state index in [1.165, 1.54) is 54.9 Å². The Hall–Kier alpha value is -4.55. The number of allylic oxidation sites excluding steroid dienone is 7. The maximum absolute atomic E-state index is 11.7. The number of ether oxygens (including phenoxy) is 2. The monoisotopic (exact) mass is 755 g/mol. The Kier molecular flexibility index (Phi) is 12.8. The number of fused-ring (bicyclic) bond motifs is 2. The number of carbonyl (C=O) groups excluding carboxylic acids is 1. The van der Waals surface area contributed by atoms with E-state index in [0.717, 1.165) is 50.9 Å². The van der Waals surface area contributed by atoms with E-state index in [0.29, 0.717) is 25.2 Å². The molecule has 3 aromatic rings. The number of hydrogen-bond donors (Lipinski definition) is 0. The molecular formula is C49H59N2O3S+. The highest BCUT2D eigenvalue weighted by Gasteiger charge is 2.44. The van der Waals surface area contributed by atoms with Gasteiger partial charge in [-0.2, -0.15) is 4.58 Å². The first kappa shape index (κ1) is 40.1. The number of para-hydroxylation sites is 2. The van der Waals surface area contributed by atoms with Crippen LogP contribution in [0.1, 0.15) is 98.1 Å². The first-order chi connectivity index (χ1) is 26.5. The summed E-state index contributed by atoms with van der Waals surface area (Å²) in [4.78, 5) is 16.7. The van der Waals surface area contributed by atoms with E-state index in [2.05, 4.69) is 143 Å². The minimum atomic E-state index is -0.360. The van der Waals surface area contributed by atoms with Gasteiger partial charge in [-0.25, -0.2) is 4.79 Å². The molecule has 6 rings (SSSR count). The van der Waals surface area contributed by atoms with E-state index in [9.17, 15) is 4.79 Å². The Morgan fingerprint density at radius 1 is 0.873 bits per heavy atom. The molecule has 0 fully saturated rings. The van der Waals surface area contributed by atoms with Crippen molar-refractivity contribution in [3.63, 3.8) is 0 Å². The van der Waals surface area contributed by atoms with Crippen LogP contribution in [0.15, 0.2) is 136 Å². The SMILES string of the molecule is C=C(C)C(=O)OCCCOc1ccc(SC2=C(C=CC3=[N+](CCC)c4ccccc4C3(C)C)CCCC2=CC=C2N(CCC)c3ccccc3C2(C)C)cc1. The molecule has 2 heterocycles. The Morgan fingerprint density at radius 2 is 1.60 bits per heavy atom. The molecule has 0 atom stereocenters. The molecule has 0 bridgehead atoms. The molecule has 2 aliphatic heterocycles. The molecular weight excluding hydrogens is 697 g/mol. The van der Waals surface area contributed by atoms with Crippen molar-refractivity contribution in [2.24, 2.45) is 0 Å². The molecule has 0 spiro atoms. The average Bonchev–Trinajstić information content (AvgIpc) is 3.52. The molecule has 0 amide bonds. The van der Waals surface area contributed by atoms with Crippen LogP contribution >= 0.6 is 11.8 Å². The van der Waals surface area contributed by atoms with E-state index in [-0.39, 0.29) is 16.8 Å². The van der Waals surface area contributed by atoms with Gasteiger partial charge in [0.15, 0.2) is 5.71 Å². The van der Waals surface area contributed by atoms with Crippen LogP contribution in [0.25, 0.3) is 0 Å². The lowest BCUT2D eigenvalue weighted by Gasteiger charge is -2.27. The van der Waals surface area contributed by atoms with E-state index in [1.807, 2.05) is 23.9 Å². The number of nitrogens with zero attached hydrogens (tertiary/aromatic N) is 2. The van der Waals surface area contributed by atoms with E-state index >= 15 is 0 Å². The van der Waals surface area contributed by atoms with Crippen molar-refractivity contribution in [3.05, 3.63) is 142 Å². The molecule has 1 aliphatic carbocycles. The summed E-state index contributed by atoms with van der Waals surface area (Å²) in [5, 5.41) is 0. The van der Waals surface area contributed by atoms with Crippen molar-refractivity contribution < 1.29 is 18.8 Å². The highest BCUT2D eigenvalue weighted by Crippen LogP contribution is 2.49. The molecule has 288 valence electrons. The van der Waals surface area contributed by atoms with Crippen LogP contribution in [-0.2, 0) is 20.4 Å². The van der Waals surface area contributed by atoms with Gasteiger partial charge in [-0.05, 0) is 99.6 Å². The third kappa shape index (κ3) is 8.65. The lowest BCUT2D eigenvalue weighted by Crippen LogP contribution is -2.28. The van der Waals surface area contributed by atoms with Crippen LogP contribution in [0.2, 0.25) is 0 Å². The number of rotatable bonds is 15. The summed E-state index contributed by atoms with van der Waals surface area (Å²) in [6.45, 7) is 22.1. The minimum Gasteiger partial charge on any atom is -0.493 e. The Labute approximate surface area is 334 Å². The van der Waals surface area contributed by atoms with Crippen molar-refractivity contribution in [1.82, 2.24) is 0 Å². The zero-order chi connectivity index (χ0) is 39.2. The first-order valence-electron chi connectivity index (χ1n) is 20.1. The van der Waals surface area contributed by atoms with Gasteiger partial charge >= 0.3 is 5.97 Å². The second-order valence-electron chi connectivity index (χ2n) is 15.9. The summed E-state index contributed by atoms with van der Waals surface area (Å²) in [5.41, 5.74) is 11.2. The standard InChI is InChI=1S/C49H59N2O3S/c1-9-31-50-42-21-13-11-19-40(42)48(5,6)44(50)29-23-36-17-15-18-37(24-30-45-49(7,8)41-20-12-14-22-43(41)51(45)32-10-2)46(36)55-39-27-25-38(26-28-39)53-33-16-34-54-47(52)35(3)4/h11-14,19-30H,3,9-10,15-18,31-34H2,1-2,4-8H3/q+1. The maximum atomic E-state index is 11.7. The van der Waals surface area contributed by atoms with E-state index in [4.69, 9.17) is 9.47 Å². The van der Waals surface area contributed by atoms with Crippen molar-refractivity contribution in [2.75, 3.05) is 31.2 Å². The van der Waals surface area contributed by atoms with Gasteiger partial charge in [0, 0.05) is 69.3 Å². The normalized spacial score (nSPS) is 18.7. The van der Waals surface area contributed by atoms with Gasteiger partial charge in [0.25, 0.3) is 0 Å². The Balaban J connectivity index is 1.33. The number of carbonyl (C=O) groups is 1. The van der Waals surface area contributed by atoms with Gasteiger partial charge in [-0.15, -0.1) is 0 Å². The summed E-state index contributed by atoms with van der Waals surface area (Å²) in [5.74, 6) is 0.449. The molecule has 6 heteroatoms. The van der Waals surface area contributed by atoms with Crippen LogP contribution in [0, 0.1) is 0 Å². The zero-order valence-electron chi connectivity index (χ0n) is 34.0. The van der Waals surface area contributed by atoms with Gasteiger partial charge in [-0.1, -0.05) is 94.6 Å². The lowest BCUT2D eigenvalue weighted by molar-refractivity contribution is -0.437. The summed E-state index contributed by atoms with van der Waals surface area (Å²) in [6, 6.07) is 26.2. The topological polar surface area (TPSA) is 41.8 Å². The van der Waals surface area contributed by atoms with Crippen molar-refractivity contribution in [2.45, 2.75) is 103 Å². The molecule has 0 unspecified atom stereocenters. The Bertz CT molecular complexity index is 2060. The third-order valence-corrected chi connectivity index (χ3v) is 12.3. The summed E-state index contributed by atoms with van der Waals surface area (Å²) in [6.07, 6.45) is 15.7. The minimum absolute atomic E-state index is 0.0816. The van der Waals surface area contributed by atoms with E-state index < -0.39 is 0 Å². The Morgan fingerprint density at radius 3 is 2.33 bits per heavy atom. The van der Waals surface area contributed by atoms with E-state index in [1.54, 1.807) is 6.92 Å². The number of anilines is 1. The summed E-state index contributed by atoms with van der Waals surface area (Å²) >= 11 is 1.86. The molecule has 3 aliphatic rings. The maximum Gasteiger partial charge on any atom is 0.333 e. The van der Waals surface area contributed by atoms with Gasteiger partial charge in [0.05, 0.1) is 18.6 Å². The van der Waals surface area contributed by atoms with Gasteiger partial charge < -0.3 is 14.4 Å². The second kappa shape index (κ2) is 17.5. The second-order valence-corrected chi connectivity index (χ2v) is 17.0. The number of hydrogen-bond acceptors (Lipinski definition) is 5. The first-order valence-corrected chi connectivity index (χ1v) is 21.0. The smallest absolute Gasteiger partial charge is 0.333 e. The van der Waals surface area contributed by atoms with Gasteiger partial charge in [0.1, 0.15) is 12.3 Å². The highest BCUT2D eigenvalue weighted by molar-refractivity contribution is 8.03. The highest BCUT2D eigenvalue weighted by atomic mass is 32.2. The lowest BCUT2D eigenvalue weighted by atomic mass is 9.81. The molecule has 3 aromatic carbocycles. The predicted octanol–water partition coefficient (Wildman–Crippen LogP) is 12.2. The average molecular weight is 756 g/mol. The van der Waals surface area contributed by atoms with Crippen LogP contribution in [0.3, 0.4) is 0 Å². The summed E-state index contributed by atoms with van der Waals surface area (Å²) in [7, 11) is 0. The predicted molar refractivity (Wildman–Crippen MR) is 231 cm³/mol. The largest absolute Gasteiger partial charge is 0.493 e.